The number of anilines is 2. The van der Waals surface area contributed by atoms with Gasteiger partial charge in [-0.15, -0.1) is 0 Å². The van der Waals surface area contributed by atoms with Crippen molar-refractivity contribution in [1.29, 1.82) is 0 Å². The molecule has 9 heteroatoms. The monoisotopic (exact) mass is 413 g/mol. The number of nitrogens with zero attached hydrogens (tertiary/aromatic N) is 2. The molecule has 1 amide bonds. The van der Waals surface area contributed by atoms with Crippen molar-refractivity contribution >= 4 is 28.3 Å². The summed E-state index contributed by atoms with van der Waals surface area (Å²) in [5.41, 5.74) is 0.914. The summed E-state index contributed by atoms with van der Waals surface area (Å²) >= 11 is 0. The van der Waals surface area contributed by atoms with Gasteiger partial charge in [0.2, 0.25) is 0 Å². The van der Waals surface area contributed by atoms with Crippen molar-refractivity contribution in [3.63, 3.8) is 0 Å². The first-order chi connectivity index (χ1) is 13.5. The number of carbonyl (C=O) groups is 1. The second kappa shape index (κ2) is 9.67. The topological polar surface area (TPSA) is 82.1 Å². The number of cyclic esters (lactones) is 1. The van der Waals surface area contributed by atoms with E-state index in [4.69, 9.17) is 4.74 Å². The minimum absolute atomic E-state index is 0.298. The van der Waals surface area contributed by atoms with Crippen LogP contribution in [-0.2, 0) is 15.5 Å². The summed E-state index contributed by atoms with van der Waals surface area (Å²) in [5, 5.41) is 12.7. The smallest absolute Gasteiger partial charge is 0.414 e. The van der Waals surface area contributed by atoms with Gasteiger partial charge in [0.05, 0.1) is 17.9 Å². The van der Waals surface area contributed by atoms with Crippen molar-refractivity contribution < 1.29 is 23.2 Å². The van der Waals surface area contributed by atoms with E-state index >= 15 is 0 Å². The third-order valence-corrected chi connectivity index (χ3v) is 6.37. The Morgan fingerprint density at radius 3 is 2.96 bits per heavy atom. The van der Waals surface area contributed by atoms with Crippen molar-refractivity contribution in [2.45, 2.75) is 38.5 Å². The van der Waals surface area contributed by atoms with Gasteiger partial charge in [0.1, 0.15) is 18.1 Å². The molecule has 2 heterocycles. The first-order valence-electron chi connectivity index (χ1n) is 9.77. The standard InChI is InChI=1S/C19H28FN3O4S/c1-2-4-18(24)21-12-15-13-23(19(25)27-15)14-5-6-17(16(20)11-14)22-7-3-9-28(26)10-8-22/h5-6,11,15,18,21,24H,2-4,7-10,12-13H2,1H3/t15-,18?,28?/m0/s1. The Morgan fingerprint density at radius 1 is 1.39 bits per heavy atom. The molecule has 28 heavy (non-hydrogen) atoms. The number of hydrogen-bond acceptors (Lipinski definition) is 6. The van der Waals surface area contributed by atoms with Crippen LogP contribution in [-0.4, -0.2) is 65.4 Å². The quantitative estimate of drug-likeness (QED) is 0.664. The summed E-state index contributed by atoms with van der Waals surface area (Å²) in [7, 11) is -0.838. The van der Waals surface area contributed by atoms with E-state index in [0.717, 1.165) is 12.8 Å². The molecule has 1 aromatic carbocycles. The van der Waals surface area contributed by atoms with E-state index in [1.807, 2.05) is 11.8 Å². The van der Waals surface area contributed by atoms with Crippen molar-refractivity contribution in [3.8, 4) is 0 Å². The van der Waals surface area contributed by atoms with Crippen molar-refractivity contribution in [1.82, 2.24) is 5.32 Å². The van der Waals surface area contributed by atoms with Gasteiger partial charge in [-0.2, -0.15) is 0 Å². The van der Waals surface area contributed by atoms with Crippen LogP contribution in [0.5, 0.6) is 0 Å². The normalized spacial score (nSPS) is 24.2. The molecule has 0 saturated carbocycles. The fourth-order valence-electron chi connectivity index (χ4n) is 3.48. The van der Waals surface area contributed by atoms with Gasteiger partial charge in [0, 0.05) is 41.9 Å². The van der Waals surface area contributed by atoms with Crippen LogP contribution >= 0.6 is 0 Å². The molecule has 0 radical (unpaired) electrons. The number of ether oxygens (including phenoxy) is 1. The van der Waals surface area contributed by atoms with E-state index in [1.165, 1.54) is 11.0 Å². The van der Waals surface area contributed by atoms with Crippen molar-refractivity contribution in [2.24, 2.45) is 0 Å². The molecule has 2 fully saturated rings. The highest BCUT2D eigenvalue weighted by Crippen LogP contribution is 2.28. The molecule has 2 aliphatic rings. The van der Waals surface area contributed by atoms with Crippen LogP contribution < -0.4 is 15.1 Å². The van der Waals surface area contributed by atoms with E-state index in [1.54, 1.807) is 12.1 Å². The lowest BCUT2D eigenvalue weighted by molar-refractivity contribution is 0.0956. The number of amides is 1. The average Bonchev–Trinajstić information content (AvgIpc) is 2.90. The minimum Gasteiger partial charge on any atom is -0.443 e. The van der Waals surface area contributed by atoms with Gasteiger partial charge >= 0.3 is 6.09 Å². The predicted octanol–water partition coefficient (Wildman–Crippen LogP) is 1.82. The summed E-state index contributed by atoms with van der Waals surface area (Å²) < 4.78 is 31.7. The van der Waals surface area contributed by atoms with Crippen LogP contribution in [0.3, 0.4) is 0 Å². The van der Waals surface area contributed by atoms with E-state index < -0.39 is 35.0 Å². The molecular formula is C19H28FN3O4S. The molecule has 156 valence electrons. The number of aliphatic hydroxyl groups excluding tert-OH is 1. The van der Waals surface area contributed by atoms with Gasteiger partial charge in [0.25, 0.3) is 0 Å². The summed E-state index contributed by atoms with van der Waals surface area (Å²) in [6, 6.07) is 4.73. The number of benzene rings is 1. The predicted molar refractivity (Wildman–Crippen MR) is 108 cm³/mol. The zero-order valence-electron chi connectivity index (χ0n) is 16.1. The molecule has 0 aliphatic carbocycles. The first kappa shape index (κ1) is 21.0. The van der Waals surface area contributed by atoms with E-state index in [9.17, 15) is 18.5 Å². The molecule has 0 aromatic heterocycles. The first-order valence-corrected chi connectivity index (χ1v) is 11.3. The molecule has 1 aromatic rings. The molecule has 2 aliphatic heterocycles. The molecule has 3 atom stereocenters. The molecule has 3 rings (SSSR count). The average molecular weight is 414 g/mol. The van der Waals surface area contributed by atoms with Crippen LogP contribution in [0.2, 0.25) is 0 Å². The zero-order valence-corrected chi connectivity index (χ0v) is 16.9. The molecule has 7 nitrogen and oxygen atoms in total. The Balaban J connectivity index is 1.63. The Morgan fingerprint density at radius 2 is 2.21 bits per heavy atom. The molecule has 2 N–H and O–H groups in total. The highest BCUT2D eigenvalue weighted by molar-refractivity contribution is 7.85. The minimum atomic E-state index is -0.838. The lowest BCUT2D eigenvalue weighted by Crippen LogP contribution is -2.37. The van der Waals surface area contributed by atoms with Gasteiger partial charge in [-0.25, -0.2) is 9.18 Å². The number of nitrogens with one attached hydrogen (secondary N) is 1. The maximum absolute atomic E-state index is 14.7. The van der Waals surface area contributed by atoms with Crippen LogP contribution in [0.15, 0.2) is 18.2 Å². The number of carbonyl (C=O) groups excluding carboxylic acids is 1. The highest BCUT2D eigenvalue weighted by Gasteiger charge is 2.33. The van der Waals surface area contributed by atoms with Gasteiger partial charge in [-0.05, 0) is 31.0 Å². The Hall–Kier alpha value is -1.71. The maximum Gasteiger partial charge on any atom is 0.414 e. The summed E-state index contributed by atoms with van der Waals surface area (Å²) in [6.45, 7) is 3.84. The number of rotatable bonds is 7. The summed E-state index contributed by atoms with van der Waals surface area (Å²) in [6.07, 6.45) is 0.698. The molecular weight excluding hydrogens is 385 g/mol. The van der Waals surface area contributed by atoms with E-state index in [-0.39, 0.29) is 0 Å². The summed E-state index contributed by atoms with van der Waals surface area (Å²) in [5.74, 6) is 0.786. The highest BCUT2D eigenvalue weighted by atomic mass is 32.2. The Bertz CT molecular complexity index is 720. The second-order valence-corrected chi connectivity index (χ2v) is 8.85. The second-order valence-electron chi connectivity index (χ2n) is 7.15. The number of aliphatic hydroxyl groups is 1. The van der Waals surface area contributed by atoms with Gasteiger partial charge in [-0.1, -0.05) is 13.3 Å². The maximum atomic E-state index is 14.7. The van der Waals surface area contributed by atoms with E-state index in [0.29, 0.717) is 55.5 Å². The fraction of sp³-hybridized carbons (Fsp3) is 0.632. The van der Waals surface area contributed by atoms with Crippen LogP contribution in [0.25, 0.3) is 0 Å². The Kier molecular flexibility index (Phi) is 7.25. The molecule has 0 spiro atoms. The Labute approximate surface area is 167 Å². The molecule has 2 unspecified atom stereocenters. The number of halogens is 1. The van der Waals surface area contributed by atoms with Crippen molar-refractivity contribution in [2.75, 3.05) is 47.5 Å². The van der Waals surface area contributed by atoms with Crippen LogP contribution in [0, 0.1) is 5.82 Å². The third kappa shape index (κ3) is 5.21. The van der Waals surface area contributed by atoms with Crippen LogP contribution in [0.4, 0.5) is 20.6 Å². The number of hydrogen-bond donors (Lipinski definition) is 2. The van der Waals surface area contributed by atoms with E-state index in [2.05, 4.69) is 5.32 Å². The van der Waals surface area contributed by atoms with Gasteiger partial charge < -0.3 is 14.7 Å². The van der Waals surface area contributed by atoms with Crippen molar-refractivity contribution in [3.05, 3.63) is 24.0 Å². The van der Waals surface area contributed by atoms with Crippen LogP contribution in [0.1, 0.15) is 26.2 Å². The largest absolute Gasteiger partial charge is 0.443 e. The molecule has 0 bridgehead atoms. The van der Waals surface area contributed by atoms with Gasteiger partial charge in [0.15, 0.2) is 0 Å². The lowest BCUT2D eigenvalue weighted by Gasteiger charge is -2.24. The van der Waals surface area contributed by atoms with Gasteiger partial charge in [-0.3, -0.25) is 14.4 Å². The molecule has 2 saturated heterocycles. The SMILES string of the molecule is CCCC(O)NC[C@H]1CN(c2ccc(N3CCCS(=O)CC3)c(F)c2)C(=O)O1. The fourth-order valence-corrected chi connectivity index (χ4v) is 4.56. The third-order valence-electron chi connectivity index (χ3n) is 4.99. The zero-order chi connectivity index (χ0) is 20.1. The lowest BCUT2D eigenvalue weighted by atomic mass is 10.2. The summed E-state index contributed by atoms with van der Waals surface area (Å²) in [4.78, 5) is 15.5.